The SMILES string of the molecule is O=CC=CC(=O)Cl. The summed E-state index contributed by atoms with van der Waals surface area (Å²) in [6, 6.07) is 0. The van der Waals surface area contributed by atoms with Crippen molar-refractivity contribution in [3.8, 4) is 0 Å². The molecule has 0 aromatic carbocycles. The fraction of sp³-hybridized carbons (Fsp3) is 0. The predicted octanol–water partition coefficient (Wildman–Crippen LogP) is 0.507. The molecule has 0 aliphatic rings. The summed E-state index contributed by atoms with van der Waals surface area (Å²) in [5, 5.41) is -0.632. The van der Waals surface area contributed by atoms with Crippen LogP contribution in [0.15, 0.2) is 12.2 Å². The van der Waals surface area contributed by atoms with Crippen molar-refractivity contribution in [2.45, 2.75) is 0 Å². The zero-order valence-electron chi connectivity index (χ0n) is 3.43. The minimum absolute atomic E-state index is 0.486. The van der Waals surface area contributed by atoms with Gasteiger partial charge in [-0.25, -0.2) is 0 Å². The predicted molar refractivity (Wildman–Crippen MR) is 26.1 cm³/mol. The van der Waals surface area contributed by atoms with Crippen LogP contribution >= 0.6 is 11.6 Å². The van der Waals surface area contributed by atoms with Crippen LogP contribution in [0.3, 0.4) is 0 Å². The van der Waals surface area contributed by atoms with E-state index >= 15 is 0 Å². The van der Waals surface area contributed by atoms with Crippen LogP contribution < -0.4 is 0 Å². The molecule has 0 bridgehead atoms. The second-order valence-electron chi connectivity index (χ2n) is 0.799. The third-order valence-corrected chi connectivity index (χ3v) is 0.432. The molecule has 2 nitrogen and oxygen atoms in total. The van der Waals surface area contributed by atoms with Crippen LogP contribution in [0.4, 0.5) is 0 Å². The molecule has 0 saturated carbocycles. The first-order valence-electron chi connectivity index (χ1n) is 1.58. The smallest absolute Gasteiger partial charge is 0.245 e. The molecule has 0 unspecified atom stereocenters. The monoisotopic (exact) mass is 118 g/mol. The normalized spacial score (nSPS) is 9.29. The number of carbonyl (C=O) groups excluding carboxylic acids is 2. The van der Waals surface area contributed by atoms with Crippen molar-refractivity contribution in [2.75, 3.05) is 0 Å². The molecule has 0 rings (SSSR count). The fourth-order valence-electron chi connectivity index (χ4n) is 0.115. The maximum absolute atomic E-state index is 9.72. The quantitative estimate of drug-likeness (QED) is 0.301. The van der Waals surface area contributed by atoms with E-state index in [1.54, 1.807) is 0 Å². The van der Waals surface area contributed by atoms with Gasteiger partial charge in [0.15, 0.2) is 0 Å². The van der Waals surface area contributed by atoms with Crippen molar-refractivity contribution in [3.05, 3.63) is 12.2 Å². The lowest BCUT2D eigenvalue weighted by molar-refractivity contribution is -0.108. The molecule has 7 heavy (non-hydrogen) atoms. The van der Waals surface area contributed by atoms with Gasteiger partial charge in [0.1, 0.15) is 6.29 Å². The summed E-state index contributed by atoms with van der Waals surface area (Å²) in [7, 11) is 0. The van der Waals surface area contributed by atoms with Gasteiger partial charge in [-0.15, -0.1) is 0 Å². The Morgan fingerprint density at radius 1 is 1.57 bits per heavy atom. The van der Waals surface area contributed by atoms with E-state index in [2.05, 4.69) is 0 Å². The molecular weight excluding hydrogens is 115 g/mol. The fourth-order valence-corrected chi connectivity index (χ4v) is 0.188. The van der Waals surface area contributed by atoms with E-state index in [4.69, 9.17) is 11.6 Å². The second kappa shape index (κ2) is 3.56. The van der Waals surface area contributed by atoms with Gasteiger partial charge in [-0.1, -0.05) is 0 Å². The molecule has 0 heterocycles. The molecule has 0 atom stereocenters. The highest BCUT2D eigenvalue weighted by Gasteiger charge is 1.79. The highest BCUT2D eigenvalue weighted by Crippen LogP contribution is 1.78. The molecule has 0 fully saturated rings. The molecule has 0 saturated heterocycles. The molecule has 0 aromatic rings. The Morgan fingerprint density at radius 3 is 2.29 bits per heavy atom. The molecule has 3 heteroatoms. The maximum Gasteiger partial charge on any atom is 0.245 e. The van der Waals surface area contributed by atoms with Gasteiger partial charge >= 0.3 is 0 Å². The van der Waals surface area contributed by atoms with E-state index in [0.717, 1.165) is 12.2 Å². The zero-order chi connectivity index (χ0) is 5.70. The van der Waals surface area contributed by atoms with E-state index in [1.165, 1.54) is 0 Å². The van der Waals surface area contributed by atoms with Gasteiger partial charge < -0.3 is 0 Å². The largest absolute Gasteiger partial charge is 0.299 e. The average Bonchev–Trinajstić information content (AvgIpc) is 1.61. The van der Waals surface area contributed by atoms with Crippen molar-refractivity contribution >= 4 is 23.1 Å². The molecule has 0 aromatic heterocycles. The second-order valence-corrected chi connectivity index (χ2v) is 1.17. The lowest BCUT2D eigenvalue weighted by Crippen LogP contribution is -1.73. The molecule has 38 valence electrons. The molecular formula is C4H3ClO2. The zero-order valence-corrected chi connectivity index (χ0v) is 4.18. The first kappa shape index (κ1) is 6.37. The number of aldehydes is 1. The number of carbonyl (C=O) groups is 2. The van der Waals surface area contributed by atoms with E-state index in [9.17, 15) is 9.59 Å². The third kappa shape index (κ3) is 5.37. The van der Waals surface area contributed by atoms with Crippen LogP contribution in [0.2, 0.25) is 0 Å². The van der Waals surface area contributed by atoms with Gasteiger partial charge in [-0.05, 0) is 17.7 Å². The van der Waals surface area contributed by atoms with E-state index in [-0.39, 0.29) is 0 Å². The van der Waals surface area contributed by atoms with Crippen molar-refractivity contribution in [3.63, 3.8) is 0 Å². The Bertz CT molecular complexity index is 106. The van der Waals surface area contributed by atoms with Crippen molar-refractivity contribution in [1.82, 2.24) is 0 Å². The minimum atomic E-state index is -0.632. The summed E-state index contributed by atoms with van der Waals surface area (Å²) in [4.78, 5) is 19.1. The summed E-state index contributed by atoms with van der Waals surface area (Å²) in [5.41, 5.74) is 0. The first-order chi connectivity index (χ1) is 3.27. The molecule has 0 aliphatic carbocycles. The van der Waals surface area contributed by atoms with Gasteiger partial charge in [0.05, 0.1) is 0 Å². The van der Waals surface area contributed by atoms with Gasteiger partial charge in [-0.3, -0.25) is 9.59 Å². The van der Waals surface area contributed by atoms with Crippen molar-refractivity contribution in [2.24, 2.45) is 0 Å². The Morgan fingerprint density at radius 2 is 2.14 bits per heavy atom. The number of hydrogen-bond acceptors (Lipinski definition) is 2. The number of allylic oxidation sites excluding steroid dienone is 2. The van der Waals surface area contributed by atoms with Crippen LogP contribution in [-0.4, -0.2) is 11.5 Å². The summed E-state index contributed by atoms with van der Waals surface area (Å²) < 4.78 is 0. The minimum Gasteiger partial charge on any atom is -0.299 e. The van der Waals surface area contributed by atoms with Crippen LogP contribution in [-0.2, 0) is 9.59 Å². The molecule has 0 spiro atoms. The molecule has 0 amide bonds. The maximum atomic E-state index is 9.72. The molecule has 0 aliphatic heterocycles. The standard InChI is InChI=1S/C4H3ClO2/c5-4(7)2-1-3-6/h1-3H. The number of rotatable bonds is 2. The van der Waals surface area contributed by atoms with Crippen LogP contribution in [0.5, 0.6) is 0 Å². The topological polar surface area (TPSA) is 34.1 Å². The molecule has 0 radical (unpaired) electrons. The van der Waals surface area contributed by atoms with Crippen molar-refractivity contribution in [1.29, 1.82) is 0 Å². The Kier molecular flexibility index (Phi) is 3.24. The van der Waals surface area contributed by atoms with E-state index in [1.807, 2.05) is 0 Å². The highest BCUT2D eigenvalue weighted by atomic mass is 35.5. The summed E-state index contributed by atoms with van der Waals surface area (Å²) in [6.07, 6.45) is 2.50. The Labute approximate surface area is 45.8 Å². The van der Waals surface area contributed by atoms with E-state index in [0.29, 0.717) is 6.29 Å². The lowest BCUT2D eigenvalue weighted by Gasteiger charge is -1.65. The lowest BCUT2D eigenvalue weighted by atomic mass is 10.6. The number of halogens is 1. The van der Waals surface area contributed by atoms with Crippen molar-refractivity contribution < 1.29 is 9.59 Å². The highest BCUT2D eigenvalue weighted by molar-refractivity contribution is 6.66. The van der Waals surface area contributed by atoms with Gasteiger partial charge in [0, 0.05) is 6.08 Å². The average molecular weight is 119 g/mol. The van der Waals surface area contributed by atoms with Crippen LogP contribution in [0.1, 0.15) is 0 Å². The third-order valence-electron chi connectivity index (χ3n) is 0.306. The summed E-state index contributed by atoms with van der Waals surface area (Å²) >= 11 is 4.77. The van der Waals surface area contributed by atoms with Gasteiger partial charge in [-0.2, -0.15) is 0 Å². The van der Waals surface area contributed by atoms with Crippen LogP contribution in [0, 0.1) is 0 Å². The van der Waals surface area contributed by atoms with E-state index < -0.39 is 5.24 Å². The van der Waals surface area contributed by atoms with Gasteiger partial charge in [0.25, 0.3) is 0 Å². The van der Waals surface area contributed by atoms with Gasteiger partial charge in [0.2, 0.25) is 5.24 Å². The number of hydrogen-bond donors (Lipinski definition) is 0. The van der Waals surface area contributed by atoms with Crippen LogP contribution in [0.25, 0.3) is 0 Å². The Hall–Kier alpha value is -0.630. The first-order valence-corrected chi connectivity index (χ1v) is 1.96. The Balaban J connectivity index is 3.46. The molecule has 0 N–H and O–H groups in total. The summed E-state index contributed by atoms with van der Waals surface area (Å²) in [6.45, 7) is 0. The summed E-state index contributed by atoms with van der Waals surface area (Å²) in [5.74, 6) is 0.